The van der Waals surface area contributed by atoms with E-state index in [1.54, 1.807) is 18.7 Å². The minimum absolute atomic E-state index is 0.178. The van der Waals surface area contributed by atoms with Crippen molar-refractivity contribution in [2.24, 2.45) is 24.3 Å². The van der Waals surface area contributed by atoms with Gasteiger partial charge in [0.25, 0.3) is 11.1 Å². The maximum Gasteiger partial charge on any atom is 0.280 e. The van der Waals surface area contributed by atoms with E-state index in [2.05, 4.69) is 31.7 Å². The lowest BCUT2D eigenvalue weighted by atomic mass is 10.3. The van der Waals surface area contributed by atoms with Gasteiger partial charge in [0.2, 0.25) is 0 Å². The molecule has 0 aliphatic rings. The number of nitrogens with one attached hydrogen (secondary N) is 4. The molecule has 218 valence electrons. The second-order valence-corrected chi connectivity index (χ2v) is 10.0. The van der Waals surface area contributed by atoms with Gasteiger partial charge in [0.1, 0.15) is 0 Å². The van der Waals surface area contributed by atoms with Crippen LogP contribution in [0.2, 0.25) is 0 Å². The van der Waals surface area contributed by atoms with Gasteiger partial charge in [-0.2, -0.15) is 10.2 Å². The van der Waals surface area contributed by atoms with Gasteiger partial charge in [-0.1, -0.05) is 36.4 Å². The first-order valence-electron chi connectivity index (χ1n) is 13.0. The summed E-state index contributed by atoms with van der Waals surface area (Å²) in [6.07, 6.45) is 2.92. The van der Waals surface area contributed by atoms with Crippen LogP contribution in [0.25, 0.3) is 11.4 Å². The van der Waals surface area contributed by atoms with E-state index in [0.29, 0.717) is 24.2 Å². The van der Waals surface area contributed by atoms with Crippen molar-refractivity contribution in [3.8, 4) is 11.4 Å². The van der Waals surface area contributed by atoms with E-state index in [1.165, 1.54) is 12.4 Å². The molecule has 0 unspecified atom stereocenters. The van der Waals surface area contributed by atoms with Gasteiger partial charge in [0, 0.05) is 38.6 Å². The van der Waals surface area contributed by atoms with Gasteiger partial charge in [0.05, 0.1) is 34.9 Å². The highest BCUT2D eigenvalue weighted by molar-refractivity contribution is 7.80. The fourth-order valence-electron chi connectivity index (χ4n) is 4.22. The van der Waals surface area contributed by atoms with Crippen molar-refractivity contribution in [3.63, 3.8) is 0 Å². The third-order valence-electron chi connectivity index (χ3n) is 6.61. The first-order chi connectivity index (χ1) is 20.2. The second kappa shape index (κ2) is 13.7. The molecule has 0 amide bonds. The van der Waals surface area contributed by atoms with Gasteiger partial charge in [-0.05, 0) is 62.5 Å². The first-order valence-corrected chi connectivity index (χ1v) is 13.8. The number of hydrazone groups is 2. The molecule has 14 heteroatoms. The van der Waals surface area contributed by atoms with E-state index in [9.17, 15) is 9.59 Å². The van der Waals surface area contributed by atoms with Crippen LogP contribution in [0.5, 0.6) is 0 Å². The Balaban J connectivity index is 1.22. The molecule has 0 saturated heterocycles. The summed E-state index contributed by atoms with van der Waals surface area (Å²) in [5, 5.41) is 14.8. The molecule has 2 heterocycles. The van der Waals surface area contributed by atoms with Crippen LogP contribution in [0.15, 0.2) is 80.5 Å². The van der Waals surface area contributed by atoms with E-state index >= 15 is 0 Å². The Morgan fingerprint density at radius 3 is 1.40 bits per heavy atom. The highest BCUT2D eigenvalue weighted by atomic mass is 32.1. The van der Waals surface area contributed by atoms with Gasteiger partial charge >= 0.3 is 0 Å². The number of hydrogen-bond acceptors (Lipinski definition) is 6. The predicted molar refractivity (Wildman–Crippen MR) is 174 cm³/mol. The molecule has 0 atom stereocenters. The molecule has 4 rings (SSSR count). The van der Waals surface area contributed by atoms with E-state index in [4.69, 9.17) is 24.4 Å². The summed E-state index contributed by atoms with van der Waals surface area (Å²) < 4.78 is 6.73. The van der Waals surface area contributed by atoms with Crippen molar-refractivity contribution in [1.29, 1.82) is 0 Å². The Morgan fingerprint density at radius 2 is 1.05 bits per heavy atom. The lowest BCUT2D eigenvalue weighted by molar-refractivity contribution is 0.630. The van der Waals surface area contributed by atoms with Crippen molar-refractivity contribution in [3.05, 3.63) is 104 Å². The van der Waals surface area contributed by atoms with Crippen molar-refractivity contribution < 1.29 is 0 Å². The van der Waals surface area contributed by atoms with Crippen LogP contribution in [-0.2, 0) is 14.1 Å². The lowest BCUT2D eigenvalue weighted by Crippen LogP contribution is -2.40. The summed E-state index contributed by atoms with van der Waals surface area (Å²) in [5.41, 5.74) is 9.08. The molecule has 4 aromatic rings. The zero-order valence-electron chi connectivity index (χ0n) is 23.7. The summed E-state index contributed by atoms with van der Waals surface area (Å²) in [6.45, 7) is 4.59. The largest absolute Gasteiger partial charge is 0.360 e. The normalized spacial score (nSPS) is 11.2. The number of hydrogen-bond donors (Lipinski definition) is 4. The Bertz CT molecular complexity index is 1620. The van der Waals surface area contributed by atoms with Crippen LogP contribution in [-0.4, -0.2) is 54.5 Å². The van der Waals surface area contributed by atoms with Crippen LogP contribution in [0.1, 0.15) is 22.5 Å². The Morgan fingerprint density at radius 1 is 0.690 bits per heavy atom. The monoisotopic (exact) mass is 604 g/mol. The molecule has 0 bridgehead atoms. The fourth-order valence-corrected chi connectivity index (χ4v) is 4.53. The number of thiocarbonyl (C=S) groups is 2. The topological polar surface area (TPSA) is 127 Å². The average Bonchev–Trinajstić information content (AvgIpc) is 3.33. The summed E-state index contributed by atoms with van der Waals surface area (Å²) in [7, 11) is 3.64. The van der Waals surface area contributed by atoms with Gasteiger partial charge in [-0.3, -0.25) is 29.8 Å². The maximum atomic E-state index is 12.9. The van der Waals surface area contributed by atoms with Crippen LogP contribution in [0.3, 0.4) is 0 Å². The van der Waals surface area contributed by atoms with Crippen molar-refractivity contribution >= 4 is 47.1 Å². The SMILES string of the molecule is Cc1c(C=NNC(=S)NCCNC(=S)NN=Cc2c(C)n(C)n(-c3ccccc3)c2=O)c(=O)n(-c2ccccc2)n1C. The third-order valence-corrected chi connectivity index (χ3v) is 7.08. The molecule has 0 radical (unpaired) electrons. The standard InChI is InChI=1S/C28H32N10O2S2/c1-19-23(25(39)37(35(19)3)21-11-7-5-8-12-21)17-31-33-27(41)29-15-16-30-28(42)34-32-18-24-20(2)36(4)38(26(24)40)22-13-9-6-10-14-22/h5-14,17-18H,15-16H2,1-4H3,(H2,29,33,41)(H2,30,34,42). The zero-order chi connectivity index (χ0) is 30.2. The number of para-hydroxylation sites is 2. The Kier molecular flexibility index (Phi) is 9.83. The Hall–Kier alpha value is -4.82. The molecule has 2 aromatic heterocycles. The molecule has 0 spiro atoms. The van der Waals surface area contributed by atoms with Crippen LogP contribution in [0, 0.1) is 13.8 Å². The number of benzene rings is 2. The second-order valence-electron chi connectivity index (χ2n) is 9.20. The van der Waals surface area contributed by atoms with E-state index in [-0.39, 0.29) is 21.3 Å². The molecular weight excluding hydrogens is 573 g/mol. The van der Waals surface area contributed by atoms with Gasteiger partial charge in [-0.25, -0.2) is 9.36 Å². The Labute approximate surface area is 253 Å². The molecule has 12 nitrogen and oxygen atoms in total. The summed E-state index contributed by atoms with van der Waals surface area (Å²) in [6, 6.07) is 18.8. The van der Waals surface area contributed by atoms with Gasteiger partial charge in [0.15, 0.2) is 10.2 Å². The van der Waals surface area contributed by atoms with E-state index < -0.39 is 0 Å². The lowest BCUT2D eigenvalue weighted by Gasteiger charge is -2.09. The van der Waals surface area contributed by atoms with E-state index in [0.717, 1.165) is 22.8 Å². The van der Waals surface area contributed by atoms with Crippen molar-refractivity contribution in [2.75, 3.05) is 13.1 Å². The highest BCUT2D eigenvalue weighted by Gasteiger charge is 2.15. The molecular formula is C28H32N10O2S2. The predicted octanol–water partition coefficient (Wildman–Crippen LogP) is 1.58. The zero-order valence-corrected chi connectivity index (χ0v) is 25.3. The maximum absolute atomic E-state index is 12.9. The number of rotatable bonds is 9. The molecule has 4 N–H and O–H groups in total. The smallest absolute Gasteiger partial charge is 0.280 e. The summed E-state index contributed by atoms with van der Waals surface area (Å²) in [4.78, 5) is 25.9. The first kappa shape index (κ1) is 30.1. The van der Waals surface area contributed by atoms with Gasteiger partial charge in [-0.15, -0.1) is 0 Å². The highest BCUT2D eigenvalue weighted by Crippen LogP contribution is 2.09. The quantitative estimate of drug-likeness (QED) is 0.0982. The summed E-state index contributed by atoms with van der Waals surface area (Å²) in [5.74, 6) is 0. The molecule has 0 saturated carbocycles. The molecule has 42 heavy (non-hydrogen) atoms. The van der Waals surface area contributed by atoms with E-state index in [1.807, 2.05) is 88.6 Å². The minimum Gasteiger partial charge on any atom is -0.360 e. The summed E-state index contributed by atoms with van der Waals surface area (Å²) >= 11 is 10.5. The van der Waals surface area contributed by atoms with Crippen LogP contribution < -0.4 is 32.6 Å². The number of aromatic nitrogens is 4. The molecule has 0 fully saturated rings. The molecule has 2 aromatic carbocycles. The molecule has 0 aliphatic heterocycles. The van der Waals surface area contributed by atoms with Crippen LogP contribution >= 0.6 is 24.4 Å². The van der Waals surface area contributed by atoms with Crippen LogP contribution in [0.4, 0.5) is 0 Å². The minimum atomic E-state index is -0.178. The average molecular weight is 605 g/mol. The fraction of sp³-hybridized carbons (Fsp3) is 0.214. The van der Waals surface area contributed by atoms with Gasteiger partial charge < -0.3 is 10.6 Å². The third kappa shape index (κ3) is 6.72. The number of nitrogens with zero attached hydrogens (tertiary/aromatic N) is 6. The van der Waals surface area contributed by atoms with Crippen molar-refractivity contribution in [1.82, 2.24) is 40.2 Å². The van der Waals surface area contributed by atoms with Crippen molar-refractivity contribution in [2.45, 2.75) is 13.8 Å². The molecule has 0 aliphatic carbocycles.